The number of benzene rings is 2. The van der Waals surface area contributed by atoms with Crippen molar-refractivity contribution in [2.24, 2.45) is 0 Å². The molecule has 110 valence electrons. The van der Waals surface area contributed by atoms with E-state index in [1.807, 2.05) is 6.07 Å². The Balaban J connectivity index is 1.83. The highest BCUT2D eigenvalue weighted by Gasteiger charge is 2.07. The van der Waals surface area contributed by atoms with Gasteiger partial charge < -0.3 is 5.32 Å². The minimum absolute atomic E-state index is 0.0288. The summed E-state index contributed by atoms with van der Waals surface area (Å²) in [4.78, 5) is 11.8. The third kappa shape index (κ3) is 4.73. The Morgan fingerprint density at radius 2 is 1.86 bits per heavy atom. The molecule has 0 saturated heterocycles. The Morgan fingerprint density at radius 3 is 2.57 bits per heavy atom. The van der Waals surface area contributed by atoms with Crippen LogP contribution < -0.4 is 5.32 Å². The summed E-state index contributed by atoms with van der Waals surface area (Å²) < 4.78 is 13.4. The average Bonchev–Trinajstić information content (AvgIpc) is 2.44. The van der Waals surface area contributed by atoms with Gasteiger partial charge in [-0.2, -0.15) is 0 Å². The molecule has 2 aromatic carbocycles. The highest BCUT2D eigenvalue weighted by molar-refractivity contribution is 6.35. The molecular formula is C16H14Cl2FNO. The molecule has 5 heteroatoms. The maximum absolute atomic E-state index is 13.4. The smallest absolute Gasteiger partial charge is 0.224 e. The van der Waals surface area contributed by atoms with Gasteiger partial charge in [-0.15, -0.1) is 0 Å². The molecule has 0 aliphatic heterocycles. The van der Waals surface area contributed by atoms with Gasteiger partial charge in [-0.3, -0.25) is 4.79 Å². The molecule has 21 heavy (non-hydrogen) atoms. The monoisotopic (exact) mass is 325 g/mol. The van der Waals surface area contributed by atoms with E-state index < -0.39 is 0 Å². The molecule has 0 fully saturated rings. The number of hydrogen-bond acceptors (Lipinski definition) is 1. The third-order valence-electron chi connectivity index (χ3n) is 3.04. The molecule has 0 atom stereocenters. The Bertz CT molecular complexity index is 646. The van der Waals surface area contributed by atoms with Crippen LogP contribution in [0.15, 0.2) is 42.5 Å². The second-order valence-corrected chi connectivity index (χ2v) is 5.45. The van der Waals surface area contributed by atoms with E-state index in [1.54, 1.807) is 30.3 Å². The quantitative estimate of drug-likeness (QED) is 0.883. The van der Waals surface area contributed by atoms with Gasteiger partial charge in [-0.05, 0) is 35.7 Å². The van der Waals surface area contributed by atoms with E-state index in [0.717, 1.165) is 5.56 Å². The summed E-state index contributed by atoms with van der Waals surface area (Å²) in [6.07, 6.45) is 0.625. The Kier molecular flexibility index (Phi) is 5.59. The first-order chi connectivity index (χ1) is 10.1. The summed E-state index contributed by atoms with van der Waals surface area (Å²) in [5.74, 6) is -0.585. The van der Waals surface area contributed by atoms with E-state index in [0.29, 0.717) is 28.6 Å². The number of hydrogen-bond donors (Lipinski definition) is 1. The zero-order valence-electron chi connectivity index (χ0n) is 11.2. The van der Waals surface area contributed by atoms with E-state index in [1.165, 1.54) is 6.07 Å². The first-order valence-electron chi connectivity index (χ1n) is 6.50. The normalized spacial score (nSPS) is 10.4. The second-order valence-electron chi connectivity index (χ2n) is 4.60. The zero-order valence-corrected chi connectivity index (χ0v) is 12.7. The van der Waals surface area contributed by atoms with Gasteiger partial charge in [0.15, 0.2) is 0 Å². The van der Waals surface area contributed by atoms with Crippen LogP contribution in [0.25, 0.3) is 0 Å². The summed E-state index contributed by atoms with van der Waals surface area (Å²) in [5, 5.41) is 3.90. The van der Waals surface area contributed by atoms with Gasteiger partial charge in [-0.1, -0.05) is 47.5 Å². The Labute approximate surface area is 132 Å². The van der Waals surface area contributed by atoms with E-state index >= 15 is 0 Å². The number of rotatable bonds is 5. The predicted octanol–water partition coefficient (Wildman–Crippen LogP) is 4.03. The van der Waals surface area contributed by atoms with Crippen LogP contribution in [0.3, 0.4) is 0 Å². The maximum Gasteiger partial charge on any atom is 0.224 e. The van der Waals surface area contributed by atoms with E-state index in [9.17, 15) is 9.18 Å². The third-order valence-corrected chi connectivity index (χ3v) is 3.63. The fourth-order valence-corrected chi connectivity index (χ4v) is 2.44. The highest BCUT2D eigenvalue weighted by atomic mass is 35.5. The van der Waals surface area contributed by atoms with Crippen LogP contribution >= 0.6 is 23.2 Å². The van der Waals surface area contributed by atoms with Crippen LogP contribution in [0.2, 0.25) is 10.0 Å². The molecule has 0 aliphatic carbocycles. The largest absolute Gasteiger partial charge is 0.355 e. The van der Waals surface area contributed by atoms with Gasteiger partial charge in [-0.25, -0.2) is 4.39 Å². The zero-order chi connectivity index (χ0) is 15.2. The highest BCUT2D eigenvalue weighted by Crippen LogP contribution is 2.21. The van der Waals surface area contributed by atoms with Crippen LogP contribution in [-0.2, 0) is 17.6 Å². The van der Waals surface area contributed by atoms with E-state index in [2.05, 4.69) is 5.32 Å². The van der Waals surface area contributed by atoms with Crippen molar-refractivity contribution in [1.29, 1.82) is 0 Å². The summed E-state index contributed by atoms with van der Waals surface area (Å²) in [7, 11) is 0. The first-order valence-corrected chi connectivity index (χ1v) is 7.26. The van der Waals surface area contributed by atoms with Crippen molar-refractivity contribution >= 4 is 29.1 Å². The van der Waals surface area contributed by atoms with Gasteiger partial charge in [0.05, 0.1) is 6.42 Å². The lowest BCUT2D eigenvalue weighted by molar-refractivity contribution is -0.120. The molecule has 2 rings (SSSR count). The van der Waals surface area contributed by atoms with E-state index in [4.69, 9.17) is 23.2 Å². The van der Waals surface area contributed by atoms with Crippen LogP contribution in [0.5, 0.6) is 0 Å². The van der Waals surface area contributed by atoms with Crippen molar-refractivity contribution in [2.45, 2.75) is 12.8 Å². The molecule has 0 radical (unpaired) electrons. The standard InChI is InChI=1S/C16H14Cl2FNO/c17-13-6-5-11(14(18)10-13)7-8-20-16(21)9-12-3-1-2-4-15(12)19/h1-6,10H,7-9H2,(H,20,21). The minimum Gasteiger partial charge on any atom is -0.355 e. The van der Waals surface area contributed by atoms with Crippen molar-refractivity contribution in [3.05, 3.63) is 69.5 Å². The van der Waals surface area contributed by atoms with Gasteiger partial charge in [0, 0.05) is 16.6 Å². The van der Waals surface area contributed by atoms with E-state index in [-0.39, 0.29) is 18.1 Å². The lowest BCUT2D eigenvalue weighted by Gasteiger charge is -2.07. The fourth-order valence-electron chi connectivity index (χ4n) is 1.94. The molecule has 0 heterocycles. The number of carbonyl (C=O) groups excluding carboxylic acids is 1. The minimum atomic E-state index is -0.367. The molecule has 0 aliphatic rings. The molecule has 0 spiro atoms. The fraction of sp³-hybridized carbons (Fsp3) is 0.188. The summed E-state index contributed by atoms with van der Waals surface area (Å²) in [5.41, 5.74) is 1.30. The van der Waals surface area contributed by atoms with Crippen molar-refractivity contribution in [3.63, 3.8) is 0 Å². The molecular weight excluding hydrogens is 312 g/mol. The second kappa shape index (κ2) is 7.43. The van der Waals surface area contributed by atoms with Gasteiger partial charge in [0.25, 0.3) is 0 Å². The Morgan fingerprint density at radius 1 is 1.10 bits per heavy atom. The van der Waals surface area contributed by atoms with Crippen LogP contribution in [-0.4, -0.2) is 12.5 Å². The molecule has 0 bridgehead atoms. The molecule has 2 aromatic rings. The van der Waals surface area contributed by atoms with Gasteiger partial charge in [0.1, 0.15) is 5.82 Å². The van der Waals surface area contributed by atoms with Gasteiger partial charge >= 0.3 is 0 Å². The van der Waals surface area contributed by atoms with Crippen LogP contribution in [0.4, 0.5) is 4.39 Å². The molecule has 1 amide bonds. The molecule has 2 nitrogen and oxygen atoms in total. The SMILES string of the molecule is O=C(Cc1ccccc1F)NCCc1ccc(Cl)cc1Cl. The van der Waals surface area contributed by atoms with Gasteiger partial charge in [0.2, 0.25) is 5.91 Å². The molecule has 0 aromatic heterocycles. The van der Waals surface area contributed by atoms with Crippen molar-refractivity contribution in [2.75, 3.05) is 6.54 Å². The average molecular weight is 326 g/mol. The topological polar surface area (TPSA) is 29.1 Å². The number of nitrogens with one attached hydrogen (secondary N) is 1. The molecule has 0 unspecified atom stereocenters. The lowest BCUT2D eigenvalue weighted by atomic mass is 10.1. The number of carbonyl (C=O) groups is 1. The van der Waals surface area contributed by atoms with Crippen molar-refractivity contribution in [3.8, 4) is 0 Å². The first kappa shape index (κ1) is 15.8. The summed E-state index contributed by atoms with van der Waals surface area (Å²) >= 11 is 11.9. The van der Waals surface area contributed by atoms with Crippen LogP contribution in [0, 0.1) is 5.82 Å². The summed E-state index contributed by atoms with van der Waals surface area (Å²) in [6, 6.07) is 11.5. The molecule has 0 saturated carbocycles. The lowest BCUT2D eigenvalue weighted by Crippen LogP contribution is -2.27. The number of halogens is 3. The number of amides is 1. The predicted molar refractivity (Wildman–Crippen MR) is 83.3 cm³/mol. The Hall–Kier alpha value is -1.58. The maximum atomic E-state index is 13.4. The summed E-state index contributed by atoms with van der Waals surface area (Å²) in [6.45, 7) is 0.439. The van der Waals surface area contributed by atoms with Crippen LogP contribution in [0.1, 0.15) is 11.1 Å². The molecule has 1 N–H and O–H groups in total. The van der Waals surface area contributed by atoms with Crippen molar-refractivity contribution in [1.82, 2.24) is 5.32 Å². The van der Waals surface area contributed by atoms with Crippen molar-refractivity contribution < 1.29 is 9.18 Å².